The molecular formula is C29H45BrO4. The largest absolute Gasteiger partial charge is 0.463 e. The Balaban J connectivity index is 1.33. The molecule has 192 valence electrons. The minimum absolute atomic E-state index is 0.0184. The molecule has 0 N–H and O–H groups in total. The lowest BCUT2D eigenvalue weighted by Gasteiger charge is -2.63. The van der Waals surface area contributed by atoms with Gasteiger partial charge in [0.15, 0.2) is 0 Å². The summed E-state index contributed by atoms with van der Waals surface area (Å²) in [6.07, 6.45) is 11.5. The fraction of sp³-hybridized carbons (Fsp3) is 0.931. The van der Waals surface area contributed by atoms with Gasteiger partial charge in [-0.2, -0.15) is 0 Å². The smallest absolute Gasteiger partial charge is 0.302 e. The van der Waals surface area contributed by atoms with Crippen molar-refractivity contribution in [3.8, 4) is 0 Å². The average Bonchev–Trinajstić information content (AvgIpc) is 3.19. The van der Waals surface area contributed by atoms with Gasteiger partial charge in [0.25, 0.3) is 0 Å². The number of fused-ring (bicyclic) bond motifs is 3. The van der Waals surface area contributed by atoms with E-state index in [1.54, 1.807) is 0 Å². The van der Waals surface area contributed by atoms with Crippen molar-refractivity contribution in [2.45, 2.75) is 115 Å². The Morgan fingerprint density at radius 2 is 1.85 bits per heavy atom. The predicted octanol–water partition coefficient (Wildman–Crippen LogP) is 6.72. The molecule has 2 bridgehead atoms. The van der Waals surface area contributed by atoms with Crippen LogP contribution in [0.5, 0.6) is 0 Å². The highest BCUT2D eigenvalue weighted by molar-refractivity contribution is 9.10. The van der Waals surface area contributed by atoms with Crippen LogP contribution in [0.4, 0.5) is 0 Å². The first-order chi connectivity index (χ1) is 16.0. The Morgan fingerprint density at radius 3 is 2.56 bits per heavy atom. The van der Waals surface area contributed by atoms with Crippen molar-refractivity contribution in [2.24, 2.45) is 46.3 Å². The molecule has 4 aliphatic carbocycles. The van der Waals surface area contributed by atoms with Crippen molar-refractivity contribution in [3.05, 3.63) is 0 Å². The van der Waals surface area contributed by atoms with Gasteiger partial charge in [-0.3, -0.25) is 9.59 Å². The molecular weight excluding hydrogens is 492 g/mol. The van der Waals surface area contributed by atoms with Crippen molar-refractivity contribution >= 4 is 27.7 Å². The maximum Gasteiger partial charge on any atom is 0.302 e. The van der Waals surface area contributed by atoms with E-state index < -0.39 is 0 Å². The highest BCUT2D eigenvalue weighted by Crippen LogP contribution is 2.73. The third-order valence-electron chi connectivity index (χ3n) is 11.5. The van der Waals surface area contributed by atoms with Crippen LogP contribution in [0.2, 0.25) is 0 Å². The zero-order valence-corrected chi connectivity index (χ0v) is 23.5. The Kier molecular flexibility index (Phi) is 6.57. The summed E-state index contributed by atoms with van der Waals surface area (Å²) in [6, 6.07) is 0. The summed E-state index contributed by atoms with van der Waals surface area (Å²) in [7, 11) is 0. The molecule has 0 unspecified atom stereocenters. The molecule has 0 amide bonds. The van der Waals surface area contributed by atoms with Crippen LogP contribution in [0.3, 0.4) is 0 Å². The molecule has 1 aliphatic heterocycles. The average molecular weight is 538 g/mol. The summed E-state index contributed by atoms with van der Waals surface area (Å²) in [4.78, 5) is 23.9. The number of carbonyl (C=O) groups is 2. The van der Waals surface area contributed by atoms with Crippen LogP contribution in [-0.4, -0.2) is 34.9 Å². The third kappa shape index (κ3) is 3.68. The number of Topliss-reactive ketones (excluding diaryl/α,β-unsaturated/α-hetero) is 1. The lowest BCUT2D eigenvalue weighted by atomic mass is 9.44. The second-order valence-corrected chi connectivity index (χ2v) is 14.7. The first-order valence-electron chi connectivity index (χ1n) is 14.0. The molecule has 1 heterocycles. The first kappa shape index (κ1) is 25.2. The van der Waals surface area contributed by atoms with Crippen molar-refractivity contribution < 1.29 is 19.1 Å². The molecule has 1 saturated heterocycles. The molecule has 0 spiro atoms. The van der Waals surface area contributed by atoms with Crippen molar-refractivity contribution in [2.75, 3.05) is 6.61 Å². The van der Waals surface area contributed by atoms with E-state index in [9.17, 15) is 9.59 Å². The molecule has 34 heavy (non-hydrogen) atoms. The van der Waals surface area contributed by atoms with E-state index in [1.165, 1.54) is 32.6 Å². The quantitative estimate of drug-likeness (QED) is 0.279. The van der Waals surface area contributed by atoms with Crippen LogP contribution < -0.4 is 0 Å². The number of ether oxygens (including phenoxy) is 2. The first-order valence-corrected chi connectivity index (χ1v) is 14.8. The van der Waals surface area contributed by atoms with E-state index >= 15 is 0 Å². The summed E-state index contributed by atoms with van der Waals surface area (Å²) in [6.45, 7) is 11.5. The monoisotopic (exact) mass is 536 g/mol. The van der Waals surface area contributed by atoms with Crippen molar-refractivity contribution in [1.82, 2.24) is 0 Å². The predicted molar refractivity (Wildman–Crippen MR) is 137 cm³/mol. The van der Waals surface area contributed by atoms with Crippen LogP contribution in [-0.2, 0) is 19.1 Å². The highest BCUT2D eigenvalue weighted by Gasteiger charge is 2.72. The molecule has 0 aromatic rings. The maximum atomic E-state index is 12.3. The summed E-state index contributed by atoms with van der Waals surface area (Å²) in [5.41, 5.74) is 0.588. The van der Waals surface area contributed by atoms with E-state index in [4.69, 9.17) is 9.47 Å². The standard InChI is InChI=1S/C29H45BrO4/c1-17(2)25(32)9-6-18(3)22-7-8-23-21-14-26-29(30)15-20(34-19(4)31)10-13-28(29,16-33-26)24(21)11-12-27(22,23)5/h17-18,20-24,26H,6-16H2,1-5H3/t18-,20+,21+,22-,23+,24+,26-,27-,28+,29+/m1/s1. The van der Waals surface area contributed by atoms with Crippen LogP contribution >= 0.6 is 15.9 Å². The minimum Gasteiger partial charge on any atom is -0.463 e. The van der Waals surface area contributed by atoms with Gasteiger partial charge in [0.1, 0.15) is 11.9 Å². The zero-order valence-electron chi connectivity index (χ0n) is 21.9. The molecule has 4 saturated carbocycles. The maximum absolute atomic E-state index is 12.3. The highest BCUT2D eigenvalue weighted by atomic mass is 79.9. The lowest BCUT2D eigenvalue weighted by molar-refractivity contribution is -0.154. The van der Waals surface area contributed by atoms with Gasteiger partial charge in [-0.1, -0.05) is 43.6 Å². The number of carbonyl (C=O) groups excluding carboxylic acids is 2. The van der Waals surface area contributed by atoms with Gasteiger partial charge in [0.05, 0.1) is 17.0 Å². The van der Waals surface area contributed by atoms with E-state index in [1.807, 2.05) is 13.8 Å². The van der Waals surface area contributed by atoms with E-state index in [2.05, 4.69) is 29.8 Å². The number of rotatable bonds is 6. The van der Waals surface area contributed by atoms with Gasteiger partial charge >= 0.3 is 5.97 Å². The Hall–Kier alpha value is -0.420. The summed E-state index contributed by atoms with van der Waals surface area (Å²) < 4.78 is 12.2. The number of hydrogen-bond acceptors (Lipinski definition) is 4. The van der Waals surface area contributed by atoms with Crippen LogP contribution in [0.15, 0.2) is 0 Å². The Labute approximate surface area is 214 Å². The number of esters is 1. The van der Waals surface area contributed by atoms with Gasteiger partial charge < -0.3 is 9.47 Å². The summed E-state index contributed by atoms with van der Waals surface area (Å²) in [5.74, 6) is 4.02. The molecule has 0 radical (unpaired) electrons. The number of ketones is 1. The SMILES string of the molecule is CC(=O)O[C@H]1CC[C@]23CO[C@H](C[C@H]4[C@@H]5CC[C@H]([C@H](C)CCC(=O)C(C)C)[C@@]5(C)CC[C@@H]42)[C@@]3(Br)C1. The van der Waals surface area contributed by atoms with E-state index in [-0.39, 0.29) is 33.8 Å². The fourth-order valence-electron chi connectivity index (χ4n) is 9.86. The second-order valence-electron chi connectivity index (χ2n) is 13.3. The van der Waals surface area contributed by atoms with Gasteiger partial charge in [-0.15, -0.1) is 0 Å². The molecule has 0 aromatic carbocycles. The molecule has 4 nitrogen and oxygen atoms in total. The van der Waals surface area contributed by atoms with E-state index in [0.29, 0.717) is 23.0 Å². The minimum atomic E-state index is -0.159. The van der Waals surface area contributed by atoms with Gasteiger partial charge in [0, 0.05) is 31.1 Å². The van der Waals surface area contributed by atoms with Crippen molar-refractivity contribution in [1.29, 1.82) is 0 Å². The zero-order chi connectivity index (χ0) is 24.5. The van der Waals surface area contributed by atoms with Crippen LogP contribution in [0.1, 0.15) is 98.8 Å². The third-order valence-corrected chi connectivity index (χ3v) is 13.2. The number of alkyl halides is 1. The summed E-state index contributed by atoms with van der Waals surface area (Å²) >= 11 is 4.27. The molecule has 10 atom stereocenters. The van der Waals surface area contributed by atoms with Gasteiger partial charge in [0.2, 0.25) is 0 Å². The molecule has 5 fully saturated rings. The molecule has 5 rings (SSSR count). The van der Waals surface area contributed by atoms with Crippen LogP contribution in [0, 0.1) is 46.3 Å². The Morgan fingerprint density at radius 1 is 1.09 bits per heavy atom. The lowest BCUT2D eigenvalue weighted by Crippen LogP contribution is -2.63. The molecule has 5 aliphatic rings. The number of halogens is 1. The Bertz CT molecular complexity index is 827. The fourth-order valence-corrected chi connectivity index (χ4v) is 11.2. The van der Waals surface area contributed by atoms with Crippen LogP contribution in [0.25, 0.3) is 0 Å². The second kappa shape index (κ2) is 8.85. The molecule has 5 heteroatoms. The summed E-state index contributed by atoms with van der Waals surface area (Å²) in [5, 5.41) is 0. The van der Waals surface area contributed by atoms with Crippen molar-refractivity contribution in [3.63, 3.8) is 0 Å². The van der Waals surface area contributed by atoms with E-state index in [0.717, 1.165) is 62.9 Å². The topological polar surface area (TPSA) is 52.6 Å². The number of hydrogen-bond donors (Lipinski definition) is 0. The normalized spacial score (nSPS) is 48.1. The molecule has 0 aromatic heterocycles. The van der Waals surface area contributed by atoms with Gasteiger partial charge in [-0.05, 0) is 86.4 Å². The van der Waals surface area contributed by atoms with Gasteiger partial charge in [-0.25, -0.2) is 0 Å².